The summed E-state index contributed by atoms with van der Waals surface area (Å²) >= 11 is 0. The van der Waals surface area contributed by atoms with Crippen LogP contribution in [0.3, 0.4) is 0 Å². The van der Waals surface area contributed by atoms with E-state index in [1.807, 2.05) is 24.3 Å². The van der Waals surface area contributed by atoms with Crippen molar-refractivity contribution >= 4 is 22.8 Å². The van der Waals surface area contributed by atoms with Crippen molar-refractivity contribution in [3.05, 3.63) is 47.8 Å². The normalized spacial score (nSPS) is 19.2. The Labute approximate surface area is 186 Å². The summed E-state index contributed by atoms with van der Waals surface area (Å²) < 4.78 is 12.8. The number of carbonyl (C=O) groups is 1. The summed E-state index contributed by atoms with van der Waals surface area (Å²) in [5, 5.41) is 9.66. The summed E-state index contributed by atoms with van der Waals surface area (Å²) in [5.74, 6) is 1.47. The van der Waals surface area contributed by atoms with Gasteiger partial charge in [0.15, 0.2) is 0 Å². The van der Waals surface area contributed by atoms with Crippen LogP contribution in [0.2, 0.25) is 0 Å². The molecule has 1 aromatic carbocycles. The number of imidazole rings is 1. The number of rotatable bonds is 6. The van der Waals surface area contributed by atoms with Gasteiger partial charge in [-0.2, -0.15) is 4.98 Å². The molecule has 0 spiro atoms. The van der Waals surface area contributed by atoms with Gasteiger partial charge in [0.25, 0.3) is 0 Å². The average molecular weight is 438 g/mol. The number of aromatic nitrogens is 3. The first-order chi connectivity index (χ1) is 15.6. The van der Waals surface area contributed by atoms with Crippen molar-refractivity contribution in [3.63, 3.8) is 0 Å². The predicted octanol–water partition coefficient (Wildman–Crippen LogP) is 2.03. The van der Waals surface area contributed by atoms with Crippen LogP contribution >= 0.6 is 0 Å². The van der Waals surface area contributed by atoms with Gasteiger partial charge in [-0.15, -0.1) is 0 Å². The van der Waals surface area contributed by atoms with Crippen molar-refractivity contribution in [3.8, 4) is 5.88 Å². The molecule has 5 rings (SSSR count). The summed E-state index contributed by atoms with van der Waals surface area (Å²) in [6, 6.07) is 10.8. The first kappa shape index (κ1) is 20.7. The third-order valence-electron chi connectivity index (χ3n) is 6.21. The summed E-state index contributed by atoms with van der Waals surface area (Å²) in [4.78, 5) is 25.7. The lowest BCUT2D eigenvalue weighted by Gasteiger charge is -2.35. The second kappa shape index (κ2) is 8.76. The van der Waals surface area contributed by atoms with Gasteiger partial charge in [-0.1, -0.05) is 6.07 Å². The molecule has 2 aliphatic heterocycles. The van der Waals surface area contributed by atoms with E-state index in [1.165, 1.54) is 7.11 Å². The van der Waals surface area contributed by atoms with Gasteiger partial charge in [-0.3, -0.25) is 4.90 Å². The second-order valence-corrected chi connectivity index (χ2v) is 8.23. The van der Waals surface area contributed by atoms with E-state index < -0.39 is 0 Å². The van der Waals surface area contributed by atoms with E-state index in [0.717, 1.165) is 75.0 Å². The van der Waals surface area contributed by atoms with Crippen LogP contribution in [0.15, 0.2) is 36.4 Å². The summed E-state index contributed by atoms with van der Waals surface area (Å²) in [6.45, 7) is 5.64. The summed E-state index contributed by atoms with van der Waals surface area (Å²) in [5.41, 5.74) is 2.32. The Morgan fingerprint density at radius 2 is 2.00 bits per heavy atom. The van der Waals surface area contributed by atoms with Gasteiger partial charge in [0.2, 0.25) is 5.88 Å². The predicted molar refractivity (Wildman–Crippen MR) is 119 cm³/mol. The molecule has 0 saturated carbocycles. The highest BCUT2D eigenvalue weighted by atomic mass is 16.5. The van der Waals surface area contributed by atoms with Crippen molar-refractivity contribution in [1.29, 1.82) is 0 Å². The summed E-state index contributed by atoms with van der Waals surface area (Å²) in [7, 11) is 1.39. The fourth-order valence-corrected chi connectivity index (χ4v) is 4.30. The Balaban J connectivity index is 1.35. The lowest BCUT2D eigenvalue weighted by atomic mass is 10.1. The number of piperazine rings is 1. The van der Waals surface area contributed by atoms with E-state index in [-0.39, 0.29) is 18.0 Å². The van der Waals surface area contributed by atoms with Gasteiger partial charge in [-0.05, 0) is 30.7 Å². The average Bonchev–Trinajstić information content (AvgIpc) is 3.12. The lowest BCUT2D eigenvalue weighted by molar-refractivity contribution is -0.0592. The maximum atomic E-state index is 12.0. The molecule has 0 aliphatic carbocycles. The zero-order chi connectivity index (χ0) is 22.1. The molecule has 9 heteroatoms. The molecule has 2 aromatic heterocycles. The topological polar surface area (TPSA) is 93.0 Å². The highest BCUT2D eigenvalue weighted by Gasteiger charge is 2.25. The van der Waals surface area contributed by atoms with Gasteiger partial charge in [-0.25, -0.2) is 9.78 Å². The number of anilines is 1. The molecule has 2 saturated heterocycles. The first-order valence-corrected chi connectivity index (χ1v) is 10.9. The number of hydrogen-bond acceptors (Lipinski definition) is 8. The van der Waals surface area contributed by atoms with E-state index >= 15 is 0 Å². The number of hydrogen-bond donors (Lipinski definition) is 1. The van der Waals surface area contributed by atoms with E-state index in [4.69, 9.17) is 14.5 Å². The van der Waals surface area contributed by atoms with Crippen LogP contribution in [0, 0.1) is 0 Å². The minimum Gasteiger partial charge on any atom is -0.493 e. The molecule has 0 radical (unpaired) electrons. The standard InChI is InChI=1S/C23H27N5O4/c1-31-23(30)16-5-6-18-19(13-16)28(14-17-7-12-32-17)21(24-18)15-26-8-10-27(11-9-26)20-3-2-4-22(29)25-20/h2-6,13,17H,7-12,14-15H2,1H3,(H,25,29)/t17-/m1/s1. The van der Waals surface area contributed by atoms with Crippen LogP contribution in [0.4, 0.5) is 5.82 Å². The zero-order valence-corrected chi connectivity index (χ0v) is 18.1. The van der Waals surface area contributed by atoms with Gasteiger partial charge >= 0.3 is 5.97 Å². The number of aromatic hydroxyl groups is 1. The second-order valence-electron chi connectivity index (χ2n) is 8.23. The minimum atomic E-state index is -0.349. The van der Waals surface area contributed by atoms with Gasteiger partial charge in [0.05, 0.1) is 42.9 Å². The third-order valence-corrected chi connectivity index (χ3v) is 6.21. The van der Waals surface area contributed by atoms with Crippen LogP contribution in [-0.2, 0) is 22.6 Å². The van der Waals surface area contributed by atoms with Crippen molar-refractivity contribution < 1.29 is 19.4 Å². The zero-order valence-electron chi connectivity index (χ0n) is 18.1. The minimum absolute atomic E-state index is 0.0446. The molecule has 0 unspecified atom stereocenters. The maximum Gasteiger partial charge on any atom is 0.337 e. The summed E-state index contributed by atoms with van der Waals surface area (Å²) in [6.07, 6.45) is 1.22. The quantitative estimate of drug-likeness (QED) is 0.586. The largest absolute Gasteiger partial charge is 0.493 e. The van der Waals surface area contributed by atoms with E-state index in [0.29, 0.717) is 5.56 Å². The Morgan fingerprint density at radius 3 is 2.69 bits per heavy atom. The van der Waals surface area contributed by atoms with Crippen molar-refractivity contribution in [2.24, 2.45) is 0 Å². The highest BCUT2D eigenvalue weighted by molar-refractivity contribution is 5.93. The van der Waals surface area contributed by atoms with Gasteiger partial charge < -0.3 is 24.0 Å². The number of esters is 1. The van der Waals surface area contributed by atoms with E-state index in [2.05, 4.69) is 19.4 Å². The van der Waals surface area contributed by atoms with Crippen LogP contribution < -0.4 is 4.90 Å². The monoisotopic (exact) mass is 437 g/mol. The number of benzene rings is 1. The molecule has 2 fully saturated rings. The fourth-order valence-electron chi connectivity index (χ4n) is 4.30. The molecule has 0 bridgehead atoms. The van der Waals surface area contributed by atoms with Gasteiger partial charge in [0, 0.05) is 38.9 Å². The number of ether oxygens (including phenoxy) is 2. The van der Waals surface area contributed by atoms with Crippen LogP contribution in [0.1, 0.15) is 22.6 Å². The van der Waals surface area contributed by atoms with Crippen LogP contribution in [-0.4, -0.2) is 76.5 Å². The van der Waals surface area contributed by atoms with Crippen LogP contribution in [0.5, 0.6) is 5.88 Å². The number of methoxy groups -OCH3 is 1. The first-order valence-electron chi connectivity index (χ1n) is 10.9. The molecule has 1 N–H and O–H groups in total. The lowest BCUT2D eigenvalue weighted by Crippen LogP contribution is -2.46. The highest BCUT2D eigenvalue weighted by Crippen LogP contribution is 2.24. The Hall–Kier alpha value is -3.17. The molecule has 3 aromatic rings. The van der Waals surface area contributed by atoms with Crippen molar-refractivity contribution in [2.45, 2.75) is 25.6 Å². The number of nitrogens with zero attached hydrogens (tertiary/aromatic N) is 5. The molecule has 168 valence electrons. The fraction of sp³-hybridized carbons (Fsp3) is 0.435. The smallest absolute Gasteiger partial charge is 0.337 e. The maximum absolute atomic E-state index is 12.0. The van der Waals surface area contributed by atoms with Crippen molar-refractivity contribution in [2.75, 3.05) is 44.8 Å². The number of fused-ring (bicyclic) bond motifs is 1. The van der Waals surface area contributed by atoms with E-state index in [1.54, 1.807) is 12.1 Å². The molecular weight excluding hydrogens is 410 g/mol. The van der Waals surface area contributed by atoms with Crippen LogP contribution in [0.25, 0.3) is 11.0 Å². The van der Waals surface area contributed by atoms with Crippen molar-refractivity contribution in [1.82, 2.24) is 19.4 Å². The Kier molecular flexibility index (Phi) is 5.67. The Bertz CT molecular complexity index is 1120. The number of carbonyl (C=O) groups excluding carboxylic acids is 1. The molecule has 32 heavy (non-hydrogen) atoms. The molecule has 0 amide bonds. The third kappa shape index (κ3) is 4.13. The molecule has 1 atom stereocenters. The molecule has 4 heterocycles. The molecule has 2 aliphatic rings. The van der Waals surface area contributed by atoms with E-state index in [9.17, 15) is 9.90 Å². The SMILES string of the molecule is COC(=O)c1ccc2nc(CN3CCN(c4cccc(O)n4)CC3)n(C[C@H]3CCO3)c2c1. The van der Waals surface area contributed by atoms with Gasteiger partial charge in [0.1, 0.15) is 11.6 Å². The molecule has 9 nitrogen and oxygen atoms in total. The number of pyridine rings is 1. The Morgan fingerprint density at radius 1 is 1.19 bits per heavy atom. The molecular formula is C23H27N5O4.